The molecular weight excluding hydrogens is 350 g/mol. The Morgan fingerprint density at radius 2 is 1.68 bits per heavy atom. The van der Waals surface area contributed by atoms with Crippen molar-refractivity contribution in [1.82, 2.24) is 9.78 Å². The van der Waals surface area contributed by atoms with Crippen LogP contribution < -0.4 is 10.9 Å². The zero-order valence-electron chi connectivity index (χ0n) is 15.4. The lowest BCUT2D eigenvalue weighted by Gasteiger charge is -2.10. The van der Waals surface area contributed by atoms with Crippen molar-refractivity contribution in [3.05, 3.63) is 94.8 Å². The van der Waals surface area contributed by atoms with Gasteiger partial charge in [0.05, 0.1) is 5.69 Å². The second kappa shape index (κ2) is 7.48. The highest BCUT2D eigenvalue weighted by Gasteiger charge is 2.10. The first-order valence-electron chi connectivity index (χ1n) is 9.03. The molecule has 28 heavy (non-hydrogen) atoms. The molecular formula is C23H19N3O2. The summed E-state index contributed by atoms with van der Waals surface area (Å²) in [5, 5.41) is 9.46. The van der Waals surface area contributed by atoms with Crippen molar-refractivity contribution in [1.29, 1.82) is 0 Å². The first-order valence-corrected chi connectivity index (χ1v) is 9.03. The molecule has 0 atom stereocenters. The van der Waals surface area contributed by atoms with Crippen molar-refractivity contribution in [2.24, 2.45) is 0 Å². The van der Waals surface area contributed by atoms with Crippen LogP contribution in [-0.4, -0.2) is 15.7 Å². The summed E-state index contributed by atoms with van der Waals surface area (Å²) >= 11 is 0. The molecule has 0 aliphatic heterocycles. The molecule has 3 aromatic carbocycles. The van der Waals surface area contributed by atoms with Crippen LogP contribution in [-0.2, 0) is 11.3 Å². The molecule has 1 aromatic heterocycles. The minimum atomic E-state index is -0.315. The molecule has 4 rings (SSSR count). The molecule has 0 saturated carbocycles. The third kappa shape index (κ3) is 3.69. The highest BCUT2D eigenvalue weighted by Crippen LogP contribution is 2.22. The van der Waals surface area contributed by atoms with E-state index in [9.17, 15) is 9.59 Å². The molecule has 1 N–H and O–H groups in total. The first kappa shape index (κ1) is 17.7. The Kier molecular flexibility index (Phi) is 4.72. The molecule has 5 nitrogen and oxygen atoms in total. The highest BCUT2D eigenvalue weighted by molar-refractivity contribution is 5.91. The van der Waals surface area contributed by atoms with Gasteiger partial charge in [-0.15, -0.1) is 0 Å². The summed E-state index contributed by atoms with van der Waals surface area (Å²) in [6.45, 7) is 1.77. The van der Waals surface area contributed by atoms with E-state index in [0.717, 1.165) is 27.6 Å². The van der Waals surface area contributed by atoms with Crippen LogP contribution in [0.25, 0.3) is 22.0 Å². The zero-order chi connectivity index (χ0) is 19.5. The van der Waals surface area contributed by atoms with Crippen LogP contribution >= 0.6 is 0 Å². The molecule has 0 aliphatic carbocycles. The van der Waals surface area contributed by atoms with E-state index in [1.54, 1.807) is 6.07 Å². The maximum atomic E-state index is 12.4. The van der Waals surface area contributed by atoms with Crippen molar-refractivity contribution in [2.75, 3.05) is 5.32 Å². The monoisotopic (exact) mass is 369 g/mol. The number of hydrogen-bond acceptors (Lipinski definition) is 3. The van der Waals surface area contributed by atoms with Crippen LogP contribution in [0, 0.1) is 6.92 Å². The van der Waals surface area contributed by atoms with Gasteiger partial charge in [0, 0.05) is 17.3 Å². The third-order valence-electron chi connectivity index (χ3n) is 4.62. The van der Waals surface area contributed by atoms with E-state index < -0.39 is 0 Å². The van der Waals surface area contributed by atoms with Gasteiger partial charge in [0.25, 0.3) is 5.56 Å². The van der Waals surface area contributed by atoms with Crippen molar-refractivity contribution in [2.45, 2.75) is 13.5 Å². The molecule has 1 heterocycles. The summed E-state index contributed by atoms with van der Waals surface area (Å²) in [7, 11) is 0. The van der Waals surface area contributed by atoms with Gasteiger partial charge >= 0.3 is 0 Å². The van der Waals surface area contributed by atoms with Crippen LogP contribution in [0.4, 0.5) is 5.69 Å². The predicted molar refractivity (Wildman–Crippen MR) is 111 cm³/mol. The van der Waals surface area contributed by atoms with Gasteiger partial charge in [0.1, 0.15) is 6.54 Å². The molecule has 1 amide bonds. The largest absolute Gasteiger partial charge is 0.324 e. The number of carbonyl (C=O) groups is 1. The van der Waals surface area contributed by atoms with E-state index in [2.05, 4.69) is 10.4 Å². The van der Waals surface area contributed by atoms with E-state index in [0.29, 0.717) is 5.69 Å². The van der Waals surface area contributed by atoms with Crippen molar-refractivity contribution >= 4 is 22.4 Å². The van der Waals surface area contributed by atoms with Gasteiger partial charge in [-0.1, -0.05) is 54.6 Å². The van der Waals surface area contributed by atoms with Crippen molar-refractivity contribution in [3.63, 3.8) is 0 Å². The lowest BCUT2D eigenvalue weighted by molar-refractivity contribution is -0.117. The second-order valence-corrected chi connectivity index (χ2v) is 6.64. The molecule has 138 valence electrons. The highest BCUT2D eigenvalue weighted by atomic mass is 16.2. The summed E-state index contributed by atoms with van der Waals surface area (Å²) < 4.78 is 1.19. The Hall–Kier alpha value is -3.73. The zero-order valence-corrected chi connectivity index (χ0v) is 15.4. The number of anilines is 1. The quantitative estimate of drug-likeness (QED) is 0.591. The van der Waals surface area contributed by atoms with Crippen LogP contribution in [0.1, 0.15) is 5.56 Å². The number of benzene rings is 3. The molecule has 4 aromatic rings. The predicted octanol–water partition coefficient (Wildman–Crippen LogP) is 4.01. The average Bonchev–Trinajstić information content (AvgIpc) is 2.71. The fourth-order valence-electron chi connectivity index (χ4n) is 3.10. The summed E-state index contributed by atoms with van der Waals surface area (Å²) in [4.78, 5) is 24.6. The Balaban J connectivity index is 1.60. The number of nitrogens with zero attached hydrogens (tertiary/aromatic N) is 2. The van der Waals surface area contributed by atoms with Gasteiger partial charge in [-0.2, -0.15) is 5.10 Å². The summed E-state index contributed by atoms with van der Waals surface area (Å²) in [5.41, 5.74) is 2.91. The molecule has 0 aliphatic rings. The third-order valence-corrected chi connectivity index (χ3v) is 4.62. The summed E-state index contributed by atoms with van der Waals surface area (Å²) in [6.07, 6.45) is 0. The molecule has 0 bridgehead atoms. The number of aryl methyl sites for hydroxylation is 1. The number of rotatable bonds is 4. The minimum Gasteiger partial charge on any atom is -0.324 e. The topological polar surface area (TPSA) is 64.0 Å². The van der Waals surface area contributed by atoms with Crippen molar-refractivity contribution < 1.29 is 4.79 Å². The number of para-hydroxylation sites is 1. The fraction of sp³-hybridized carbons (Fsp3) is 0.0870. The number of aromatic nitrogens is 2. The summed E-state index contributed by atoms with van der Waals surface area (Å²) in [5.74, 6) is -0.292. The van der Waals surface area contributed by atoms with E-state index >= 15 is 0 Å². The second-order valence-electron chi connectivity index (χ2n) is 6.64. The number of amides is 1. The molecule has 0 spiro atoms. The Morgan fingerprint density at radius 1 is 0.929 bits per heavy atom. The summed E-state index contributed by atoms with van der Waals surface area (Å²) in [6, 6.07) is 24.7. The standard InChI is InChI=1S/C23H19N3O2/c1-16-6-2-5-9-20(16)24-22(27)15-26-23(28)13-12-21(25-26)19-11-10-17-7-3-4-8-18(17)14-19/h2-14H,15H2,1H3,(H,24,27). The molecule has 5 heteroatoms. The van der Waals surface area contributed by atoms with E-state index in [1.807, 2.05) is 73.7 Å². The van der Waals surface area contributed by atoms with E-state index in [-0.39, 0.29) is 18.0 Å². The van der Waals surface area contributed by atoms with E-state index in [4.69, 9.17) is 0 Å². The Bertz CT molecular complexity index is 1230. The number of nitrogens with one attached hydrogen (secondary N) is 1. The van der Waals surface area contributed by atoms with Gasteiger partial charge in [0.2, 0.25) is 5.91 Å². The molecule has 0 unspecified atom stereocenters. The average molecular weight is 369 g/mol. The Morgan fingerprint density at radius 3 is 2.50 bits per heavy atom. The van der Waals surface area contributed by atoms with Crippen LogP contribution in [0.3, 0.4) is 0 Å². The maximum absolute atomic E-state index is 12.4. The normalized spacial score (nSPS) is 10.8. The maximum Gasteiger partial charge on any atom is 0.267 e. The van der Waals surface area contributed by atoms with E-state index in [1.165, 1.54) is 10.7 Å². The molecule has 0 fully saturated rings. The van der Waals surface area contributed by atoms with Gasteiger partial charge in [-0.05, 0) is 41.5 Å². The Labute approximate surface area is 162 Å². The van der Waals surface area contributed by atoms with Crippen molar-refractivity contribution in [3.8, 4) is 11.3 Å². The van der Waals surface area contributed by atoms with Crippen LogP contribution in [0.2, 0.25) is 0 Å². The van der Waals surface area contributed by atoms with Crippen LogP contribution in [0.5, 0.6) is 0 Å². The number of carbonyl (C=O) groups excluding carboxylic acids is 1. The van der Waals surface area contributed by atoms with Gasteiger partial charge in [-0.25, -0.2) is 4.68 Å². The van der Waals surface area contributed by atoms with Gasteiger partial charge in [-0.3, -0.25) is 9.59 Å². The fourth-order valence-corrected chi connectivity index (χ4v) is 3.10. The van der Waals surface area contributed by atoms with Gasteiger partial charge < -0.3 is 5.32 Å². The minimum absolute atomic E-state index is 0.144. The molecule has 0 radical (unpaired) electrons. The molecule has 0 saturated heterocycles. The first-order chi connectivity index (χ1) is 13.6. The van der Waals surface area contributed by atoms with Gasteiger partial charge in [0.15, 0.2) is 0 Å². The smallest absolute Gasteiger partial charge is 0.267 e. The lowest BCUT2D eigenvalue weighted by Crippen LogP contribution is -2.29. The lowest BCUT2D eigenvalue weighted by atomic mass is 10.1. The van der Waals surface area contributed by atoms with Crippen LogP contribution in [0.15, 0.2) is 83.7 Å². The SMILES string of the molecule is Cc1ccccc1NC(=O)Cn1nc(-c2ccc3ccccc3c2)ccc1=O. The number of fused-ring (bicyclic) bond motifs is 1. The number of hydrogen-bond donors (Lipinski definition) is 1.